The SMILES string of the molecule is CN(C)CCNSc1ccccc1O. The minimum Gasteiger partial charge on any atom is -0.507 e. The maximum atomic E-state index is 9.45. The molecule has 0 saturated carbocycles. The Labute approximate surface area is 89.3 Å². The highest BCUT2D eigenvalue weighted by molar-refractivity contribution is 7.97. The molecule has 3 nitrogen and oxygen atoms in total. The highest BCUT2D eigenvalue weighted by Crippen LogP contribution is 2.24. The zero-order chi connectivity index (χ0) is 10.4. The van der Waals surface area contributed by atoms with Crippen molar-refractivity contribution < 1.29 is 5.11 Å². The Hall–Kier alpha value is -0.710. The van der Waals surface area contributed by atoms with Crippen LogP contribution in [0.25, 0.3) is 0 Å². The lowest BCUT2D eigenvalue weighted by molar-refractivity contribution is 0.415. The molecular weight excluding hydrogens is 196 g/mol. The summed E-state index contributed by atoms with van der Waals surface area (Å²) in [6.45, 7) is 1.88. The number of phenols is 1. The van der Waals surface area contributed by atoms with E-state index < -0.39 is 0 Å². The number of hydrogen-bond donors (Lipinski definition) is 2. The second kappa shape index (κ2) is 5.90. The highest BCUT2D eigenvalue weighted by atomic mass is 32.2. The van der Waals surface area contributed by atoms with Crippen molar-refractivity contribution in [1.29, 1.82) is 0 Å². The molecule has 2 N–H and O–H groups in total. The van der Waals surface area contributed by atoms with Gasteiger partial charge in [-0.3, -0.25) is 4.72 Å². The molecule has 0 aliphatic rings. The van der Waals surface area contributed by atoms with E-state index in [4.69, 9.17) is 0 Å². The molecule has 0 aliphatic carbocycles. The maximum absolute atomic E-state index is 9.45. The first-order valence-electron chi connectivity index (χ1n) is 4.52. The fourth-order valence-electron chi connectivity index (χ4n) is 0.942. The number of aromatic hydroxyl groups is 1. The van der Waals surface area contributed by atoms with Crippen molar-refractivity contribution in [3.05, 3.63) is 24.3 Å². The molecule has 0 bridgehead atoms. The number of nitrogens with zero attached hydrogens (tertiary/aromatic N) is 1. The first-order chi connectivity index (χ1) is 6.70. The molecule has 0 saturated heterocycles. The van der Waals surface area contributed by atoms with E-state index in [1.54, 1.807) is 6.07 Å². The maximum Gasteiger partial charge on any atom is 0.130 e. The fraction of sp³-hybridized carbons (Fsp3) is 0.400. The zero-order valence-corrected chi connectivity index (χ0v) is 9.34. The Balaban J connectivity index is 2.28. The predicted molar refractivity (Wildman–Crippen MR) is 60.5 cm³/mol. The molecule has 0 amide bonds. The van der Waals surface area contributed by atoms with Gasteiger partial charge in [-0.25, -0.2) is 0 Å². The lowest BCUT2D eigenvalue weighted by Crippen LogP contribution is -2.22. The Morgan fingerprint density at radius 1 is 1.36 bits per heavy atom. The van der Waals surface area contributed by atoms with Gasteiger partial charge in [0.2, 0.25) is 0 Å². The van der Waals surface area contributed by atoms with Crippen molar-refractivity contribution in [3.63, 3.8) is 0 Å². The molecule has 0 atom stereocenters. The van der Waals surface area contributed by atoms with Gasteiger partial charge in [0.15, 0.2) is 0 Å². The average molecular weight is 212 g/mol. The lowest BCUT2D eigenvalue weighted by Gasteiger charge is -2.10. The Morgan fingerprint density at radius 3 is 2.71 bits per heavy atom. The van der Waals surface area contributed by atoms with Crippen LogP contribution in [0.1, 0.15) is 0 Å². The third-order valence-corrected chi connectivity index (χ3v) is 2.62. The van der Waals surface area contributed by atoms with E-state index >= 15 is 0 Å². The second-order valence-corrected chi connectivity index (χ2v) is 4.20. The van der Waals surface area contributed by atoms with Gasteiger partial charge in [-0.05, 0) is 38.2 Å². The Morgan fingerprint density at radius 2 is 2.07 bits per heavy atom. The molecule has 4 heteroatoms. The first-order valence-corrected chi connectivity index (χ1v) is 5.34. The molecule has 78 valence electrons. The summed E-state index contributed by atoms with van der Waals surface area (Å²) in [6, 6.07) is 7.31. The first kappa shape index (κ1) is 11.4. The quantitative estimate of drug-likeness (QED) is 0.573. The Kier molecular flexibility index (Phi) is 4.79. The number of hydrogen-bond acceptors (Lipinski definition) is 4. The molecule has 1 rings (SSSR count). The van der Waals surface area contributed by atoms with E-state index in [2.05, 4.69) is 9.62 Å². The van der Waals surface area contributed by atoms with Crippen LogP contribution >= 0.6 is 11.9 Å². The minimum absolute atomic E-state index is 0.329. The topological polar surface area (TPSA) is 35.5 Å². The fourth-order valence-corrected chi connectivity index (χ4v) is 1.61. The van der Waals surface area contributed by atoms with Gasteiger partial charge in [0.1, 0.15) is 5.75 Å². The molecule has 1 aromatic rings. The smallest absolute Gasteiger partial charge is 0.130 e. The van der Waals surface area contributed by atoms with Crippen molar-refractivity contribution in [2.75, 3.05) is 27.2 Å². The van der Waals surface area contributed by atoms with E-state index in [1.165, 1.54) is 11.9 Å². The summed E-state index contributed by atoms with van der Waals surface area (Å²) in [7, 11) is 4.07. The molecule has 14 heavy (non-hydrogen) atoms. The number of nitrogens with one attached hydrogen (secondary N) is 1. The third-order valence-electron chi connectivity index (χ3n) is 1.71. The molecule has 0 unspecified atom stereocenters. The number of likely N-dealkylation sites (N-methyl/N-ethyl adjacent to an activating group) is 1. The highest BCUT2D eigenvalue weighted by Gasteiger charge is 1.99. The molecule has 0 fully saturated rings. The van der Waals surface area contributed by atoms with Crippen LogP contribution in [0.5, 0.6) is 5.75 Å². The summed E-state index contributed by atoms with van der Waals surface area (Å²) >= 11 is 1.46. The van der Waals surface area contributed by atoms with Crippen molar-refractivity contribution >= 4 is 11.9 Å². The molecule has 0 radical (unpaired) electrons. The monoisotopic (exact) mass is 212 g/mol. The van der Waals surface area contributed by atoms with Crippen LogP contribution in [0.3, 0.4) is 0 Å². The van der Waals surface area contributed by atoms with E-state index in [1.807, 2.05) is 32.3 Å². The number of benzene rings is 1. The molecule has 1 aromatic carbocycles. The van der Waals surface area contributed by atoms with Gasteiger partial charge in [-0.2, -0.15) is 0 Å². The summed E-state index contributed by atoms with van der Waals surface area (Å²) < 4.78 is 3.19. The number of para-hydroxylation sites is 1. The van der Waals surface area contributed by atoms with Crippen LogP contribution in [0.15, 0.2) is 29.2 Å². The van der Waals surface area contributed by atoms with Gasteiger partial charge in [0.05, 0.1) is 4.90 Å². The van der Waals surface area contributed by atoms with Crippen LogP contribution in [-0.2, 0) is 0 Å². The van der Waals surface area contributed by atoms with Gasteiger partial charge in [-0.15, -0.1) is 0 Å². The van der Waals surface area contributed by atoms with Crippen molar-refractivity contribution in [2.45, 2.75) is 4.90 Å². The van der Waals surface area contributed by atoms with Crippen LogP contribution in [0, 0.1) is 0 Å². The van der Waals surface area contributed by atoms with Gasteiger partial charge in [-0.1, -0.05) is 12.1 Å². The number of phenolic OH excluding ortho intramolecular Hbond substituents is 1. The summed E-state index contributed by atoms with van der Waals surface area (Å²) in [4.78, 5) is 2.98. The van der Waals surface area contributed by atoms with Crippen molar-refractivity contribution in [3.8, 4) is 5.75 Å². The molecule has 0 heterocycles. The molecular formula is C10H16N2OS. The van der Waals surface area contributed by atoms with Gasteiger partial charge in [0.25, 0.3) is 0 Å². The van der Waals surface area contributed by atoms with Crippen LogP contribution in [0.4, 0.5) is 0 Å². The van der Waals surface area contributed by atoms with E-state index in [-0.39, 0.29) is 0 Å². The summed E-state index contributed by atoms with van der Waals surface area (Å²) in [5.41, 5.74) is 0. The van der Waals surface area contributed by atoms with Crippen molar-refractivity contribution in [2.24, 2.45) is 0 Å². The molecule has 0 spiro atoms. The molecule has 0 aliphatic heterocycles. The van der Waals surface area contributed by atoms with Crippen LogP contribution < -0.4 is 4.72 Å². The standard InChI is InChI=1S/C10H16N2OS/c1-12(2)8-7-11-14-10-6-4-3-5-9(10)13/h3-6,11,13H,7-8H2,1-2H3. The second-order valence-electron chi connectivity index (χ2n) is 3.27. The predicted octanol–water partition coefficient (Wildman–Crippen LogP) is 1.55. The number of rotatable bonds is 5. The summed E-state index contributed by atoms with van der Waals surface area (Å²) in [5, 5.41) is 9.45. The van der Waals surface area contributed by atoms with Gasteiger partial charge >= 0.3 is 0 Å². The third kappa shape index (κ3) is 4.00. The van der Waals surface area contributed by atoms with Crippen LogP contribution in [-0.4, -0.2) is 37.2 Å². The largest absolute Gasteiger partial charge is 0.507 e. The van der Waals surface area contributed by atoms with Crippen LogP contribution in [0.2, 0.25) is 0 Å². The van der Waals surface area contributed by atoms with Gasteiger partial charge in [0, 0.05) is 13.1 Å². The molecule has 0 aromatic heterocycles. The summed E-state index contributed by atoms with van der Waals surface area (Å²) in [6.07, 6.45) is 0. The lowest BCUT2D eigenvalue weighted by atomic mass is 10.3. The van der Waals surface area contributed by atoms with E-state index in [0.29, 0.717) is 5.75 Å². The summed E-state index contributed by atoms with van der Waals surface area (Å²) in [5.74, 6) is 0.329. The van der Waals surface area contributed by atoms with E-state index in [0.717, 1.165) is 18.0 Å². The van der Waals surface area contributed by atoms with Gasteiger partial charge < -0.3 is 10.0 Å². The Bertz CT molecular complexity index is 279. The minimum atomic E-state index is 0.329. The normalized spacial score (nSPS) is 10.8. The average Bonchev–Trinajstić information content (AvgIpc) is 2.15. The zero-order valence-electron chi connectivity index (χ0n) is 8.53. The van der Waals surface area contributed by atoms with Crippen molar-refractivity contribution in [1.82, 2.24) is 9.62 Å². The van der Waals surface area contributed by atoms with E-state index in [9.17, 15) is 5.11 Å².